The van der Waals surface area contributed by atoms with Gasteiger partial charge in [0.15, 0.2) is 5.82 Å². The molecule has 0 radical (unpaired) electrons. The summed E-state index contributed by atoms with van der Waals surface area (Å²) in [4.78, 5) is 24.8. The summed E-state index contributed by atoms with van der Waals surface area (Å²) in [6.45, 7) is 1.57. The maximum atomic E-state index is 14.2. The molecule has 0 aliphatic carbocycles. The number of aromatic nitrogens is 3. The van der Waals surface area contributed by atoms with Gasteiger partial charge >= 0.3 is 0 Å². The summed E-state index contributed by atoms with van der Waals surface area (Å²) in [5.41, 5.74) is 2.39. The van der Waals surface area contributed by atoms with Crippen LogP contribution in [0.25, 0.3) is 5.65 Å². The first-order valence-corrected chi connectivity index (χ1v) is 9.85. The maximum absolute atomic E-state index is 14.2. The Morgan fingerprint density at radius 3 is 2.79 bits per heavy atom. The third-order valence-electron chi connectivity index (χ3n) is 5.85. The van der Waals surface area contributed by atoms with Crippen molar-refractivity contribution in [2.75, 3.05) is 24.6 Å². The fraction of sp³-hybridized carbons (Fsp3) is 0.381. The molecule has 150 valence electrons. The quantitative estimate of drug-likeness (QED) is 0.663. The molecule has 2 unspecified atom stereocenters. The molecule has 2 saturated heterocycles. The lowest BCUT2D eigenvalue weighted by Gasteiger charge is -2.42. The van der Waals surface area contributed by atoms with E-state index in [-0.39, 0.29) is 30.4 Å². The van der Waals surface area contributed by atoms with E-state index in [4.69, 9.17) is 4.74 Å². The van der Waals surface area contributed by atoms with Crippen molar-refractivity contribution in [1.82, 2.24) is 19.3 Å². The average Bonchev–Trinajstić information content (AvgIpc) is 3.30. The highest BCUT2D eigenvalue weighted by Gasteiger charge is 2.42. The van der Waals surface area contributed by atoms with Crippen LogP contribution < -0.4 is 4.90 Å². The van der Waals surface area contributed by atoms with Gasteiger partial charge in [-0.3, -0.25) is 9.78 Å². The summed E-state index contributed by atoms with van der Waals surface area (Å²) in [6.07, 6.45) is 8.40. The van der Waals surface area contributed by atoms with Gasteiger partial charge in [0.2, 0.25) is 5.91 Å². The third-order valence-corrected chi connectivity index (χ3v) is 5.85. The number of carbonyl (C=O) groups excluding carboxylic acids is 1. The molecule has 1 amide bonds. The van der Waals surface area contributed by atoms with E-state index in [2.05, 4.69) is 14.9 Å². The Morgan fingerprint density at radius 1 is 1.17 bits per heavy atom. The first-order valence-electron chi connectivity index (χ1n) is 9.85. The van der Waals surface area contributed by atoms with E-state index in [1.807, 2.05) is 33.7 Å². The molecule has 2 fully saturated rings. The molecule has 8 heteroatoms. The molecule has 0 saturated carbocycles. The molecule has 2 atom stereocenters. The van der Waals surface area contributed by atoms with Gasteiger partial charge in [0.25, 0.3) is 0 Å². The van der Waals surface area contributed by atoms with Gasteiger partial charge in [-0.05, 0) is 31.0 Å². The predicted molar refractivity (Wildman–Crippen MR) is 105 cm³/mol. The molecule has 3 aromatic rings. The summed E-state index contributed by atoms with van der Waals surface area (Å²) in [5, 5.41) is 0. The van der Waals surface area contributed by atoms with E-state index in [0.717, 1.165) is 24.2 Å². The number of carbonyl (C=O) groups is 1. The smallest absolute Gasteiger partial charge is 0.248 e. The Balaban J connectivity index is 1.20. The van der Waals surface area contributed by atoms with Crippen LogP contribution in [0.5, 0.6) is 0 Å². The first kappa shape index (κ1) is 18.1. The largest absolute Gasteiger partial charge is 0.365 e. The molecule has 29 heavy (non-hydrogen) atoms. The van der Waals surface area contributed by atoms with Crippen LogP contribution in [-0.4, -0.2) is 57.0 Å². The summed E-state index contributed by atoms with van der Waals surface area (Å²) in [6, 6.07) is 7.80. The lowest BCUT2D eigenvalue weighted by molar-refractivity contribution is -0.137. The number of pyridine rings is 2. The van der Waals surface area contributed by atoms with Gasteiger partial charge in [-0.25, -0.2) is 9.37 Å². The molecule has 3 aromatic heterocycles. The zero-order valence-corrected chi connectivity index (χ0v) is 15.9. The molecule has 2 aliphatic rings. The van der Waals surface area contributed by atoms with Gasteiger partial charge in [-0.1, -0.05) is 6.07 Å². The fourth-order valence-electron chi connectivity index (χ4n) is 4.54. The lowest BCUT2D eigenvalue weighted by atomic mass is 10.1. The molecule has 2 bridgehead atoms. The minimum atomic E-state index is -0.304. The molecule has 7 nitrogen and oxygen atoms in total. The van der Waals surface area contributed by atoms with Gasteiger partial charge in [-0.15, -0.1) is 0 Å². The molecule has 0 N–H and O–H groups in total. The highest BCUT2D eigenvalue weighted by Crippen LogP contribution is 2.35. The third kappa shape index (κ3) is 3.33. The second-order valence-corrected chi connectivity index (χ2v) is 7.58. The molecule has 5 heterocycles. The van der Waals surface area contributed by atoms with Crippen LogP contribution in [0.1, 0.15) is 18.5 Å². The maximum Gasteiger partial charge on any atom is 0.248 e. The number of anilines is 1. The van der Waals surface area contributed by atoms with Crippen LogP contribution >= 0.6 is 0 Å². The van der Waals surface area contributed by atoms with Crippen molar-refractivity contribution < 1.29 is 13.9 Å². The molecule has 0 spiro atoms. The summed E-state index contributed by atoms with van der Waals surface area (Å²) in [7, 11) is 0. The van der Waals surface area contributed by atoms with Gasteiger partial charge in [0, 0.05) is 49.5 Å². The Hall–Kier alpha value is -3.00. The number of ether oxygens (including phenoxy) is 1. The standard InChI is InChI=1S/C21H22FN5O2/c22-18-10-23-7-6-19(18)27-15-4-5-16(27)12-25(11-15)21(28)14-29-13-17-2-1-3-20-24-8-9-26(17)20/h1-3,6-10,15-16H,4-5,11-14H2. The van der Waals surface area contributed by atoms with Crippen LogP contribution in [0.2, 0.25) is 0 Å². The SMILES string of the molecule is O=C(COCc1cccc2nccn12)N1CC2CCC(C1)N2c1ccncc1F. The molecular weight excluding hydrogens is 373 g/mol. The van der Waals surface area contributed by atoms with Crippen LogP contribution in [0.4, 0.5) is 10.1 Å². The average molecular weight is 395 g/mol. The van der Waals surface area contributed by atoms with E-state index < -0.39 is 0 Å². The normalized spacial score (nSPS) is 21.1. The number of halogens is 1. The van der Waals surface area contributed by atoms with Crippen LogP contribution in [0.3, 0.4) is 0 Å². The highest BCUT2D eigenvalue weighted by atomic mass is 19.1. The van der Waals surface area contributed by atoms with Crippen molar-refractivity contribution >= 4 is 17.2 Å². The Bertz CT molecular complexity index is 1020. The summed E-state index contributed by atoms with van der Waals surface area (Å²) < 4.78 is 21.9. The van der Waals surface area contributed by atoms with E-state index in [1.165, 1.54) is 6.20 Å². The van der Waals surface area contributed by atoms with Crippen molar-refractivity contribution in [3.8, 4) is 0 Å². The van der Waals surface area contributed by atoms with Crippen molar-refractivity contribution in [1.29, 1.82) is 0 Å². The van der Waals surface area contributed by atoms with Gasteiger partial charge in [-0.2, -0.15) is 0 Å². The zero-order valence-electron chi connectivity index (χ0n) is 15.9. The second kappa shape index (κ2) is 7.44. The summed E-state index contributed by atoms with van der Waals surface area (Å²) >= 11 is 0. The number of imidazole rings is 1. The highest BCUT2D eigenvalue weighted by molar-refractivity contribution is 5.78. The zero-order chi connectivity index (χ0) is 19.8. The Labute approximate surface area is 167 Å². The van der Waals surface area contributed by atoms with Gasteiger partial charge < -0.3 is 18.9 Å². The number of rotatable bonds is 5. The van der Waals surface area contributed by atoms with Gasteiger partial charge in [0.1, 0.15) is 12.3 Å². The van der Waals surface area contributed by atoms with E-state index in [1.54, 1.807) is 18.5 Å². The number of amides is 1. The van der Waals surface area contributed by atoms with E-state index >= 15 is 0 Å². The number of piperazine rings is 1. The minimum absolute atomic E-state index is 0.0189. The number of likely N-dealkylation sites (tertiary alicyclic amines) is 1. The predicted octanol–water partition coefficient (Wildman–Crippen LogP) is 2.26. The first-order chi connectivity index (χ1) is 14.2. The Morgan fingerprint density at radius 2 is 2.00 bits per heavy atom. The van der Waals surface area contributed by atoms with Crippen LogP contribution in [-0.2, 0) is 16.1 Å². The monoisotopic (exact) mass is 395 g/mol. The fourth-order valence-corrected chi connectivity index (χ4v) is 4.54. The molecular formula is C21H22FN5O2. The number of nitrogens with zero attached hydrogens (tertiary/aromatic N) is 5. The van der Waals surface area contributed by atoms with Crippen LogP contribution in [0.15, 0.2) is 49.1 Å². The van der Waals surface area contributed by atoms with Crippen molar-refractivity contribution in [2.45, 2.75) is 31.5 Å². The van der Waals surface area contributed by atoms with Crippen LogP contribution in [0, 0.1) is 5.82 Å². The number of hydrogen-bond donors (Lipinski definition) is 0. The van der Waals surface area contributed by atoms with E-state index in [9.17, 15) is 9.18 Å². The molecule has 0 aromatic carbocycles. The lowest BCUT2D eigenvalue weighted by Crippen LogP contribution is -2.56. The van der Waals surface area contributed by atoms with Crippen molar-refractivity contribution in [2.24, 2.45) is 0 Å². The second-order valence-electron chi connectivity index (χ2n) is 7.58. The summed E-state index contributed by atoms with van der Waals surface area (Å²) in [5.74, 6) is -0.323. The van der Waals surface area contributed by atoms with Crippen molar-refractivity contribution in [3.05, 3.63) is 60.6 Å². The minimum Gasteiger partial charge on any atom is -0.365 e. The van der Waals surface area contributed by atoms with E-state index in [0.29, 0.717) is 25.4 Å². The van der Waals surface area contributed by atoms with Crippen molar-refractivity contribution in [3.63, 3.8) is 0 Å². The number of fused-ring (bicyclic) bond motifs is 3. The molecule has 2 aliphatic heterocycles. The Kier molecular flexibility index (Phi) is 4.63. The van der Waals surface area contributed by atoms with Gasteiger partial charge in [0.05, 0.1) is 18.5 Å². The molecule has 5 rings (SSSR count). The topological polar surface area (TPSA) is 63.0 Å². The number of hydrogen-bond acceptors (Lipinski definition) is 5.